The van der Waals surface area contributed by atoms with Crippen LogP contribution in [0.2, 0.25) is 0 Å². The lowest BCUT2D eigenvalue weighted by Crippen LogP contribution is -2.29. The predicted molar refractivity (Wildman–Crippen MR) is 94.5 cm³/mol. The molecule has 2 N–H and O–H groups in total. The van der Waals surface area contributed by atoms with Gasteiger partial charge in [-0.2, -0.15) is 0 Å². The van der Waals surface area contributed by atoms with Gasteiger partial charge in [-0.3, -0.25) is 4.79 Å². The van der Waals surface area contributed by atoms with Gasteiger partial charge in [0.1, 0.15) is 12.2 Å². The van der Waals surface area contributed by atoms with Crippen molar-refractivity contribution in [1.82, 2.24) is 20.3 Å². The van der Waals surface area contributed by atoms with Crippen LogP contribution in [0.3, 0.4) is 0 Å². The van der Waals surface area contributed by atoms with Crippen LogP contribution < -0.4 is 5.32 Å². The number of aromatic nitrogens is 3. The van der Waals surface area contributed by atoms with Gasteiger partial charge >= 0.3 is 0 Å². The summed E-state index contributed by atoms with van der Waals surface area (Å²) in [5.74, 6) is -0.162. The van der Waals surface area contributed by atoms with Gasteiger partial charge in [-0.15, -0.1) is 5.10 Å². The number of carbonyl (C=O) groups excluding carboxylic acids is 1. The van der Waals surface area contributed by atoms with Gasteiger partial charge in [0.2, 0.25) is 5.91 Å². The maximum Gasteiger partial charge on any atom is 0.241 e. The van der Waals surface area contributed by atoms with E-state index in [4.69, 9.17) is 0 Å². The van der Waals surface area contributed by atoms with Gasteiger partial charge in [-0.1, -0.05) is 65.9 Å². The van der Waals surface area contributed by atoms with Gasteiger partial charge < -0.3 is 10.4 Å². The average molecular weight is 336 g/mol. The predicted octanol–water partition coefficient (Wildman–Crippen LogP) is 2.18. The van der Waals surface area contributed by atoms with E-state index < -0.39 is 6.10 Å². The molecule has 0 spiro atoms. The average Bonchev–Trinajstić information content (AvgIpc) is 3.11. The Labute approximate surface area is 146 Å². The summed E-state index contributed by atoms with van der Waals surface area (Å²) in [7, 11) is 0. The number of hydrogen-bond donors (Lipinski definition) is 2. The van der Waals surface area contributed by atoms with Crippen LogP contribution in [0, 0.1) is 0 Å². The molecule has 128 valence electrons. The van der Waals surface area contributed by atoms with Gasteiger partial charge in [0.05, 0.1) is 12.3 Å². The Hall–Kier alpha value is -2.99. The van der Waals surface area contributed by atoms with Gasteiger partial charge in [0.15, 0.2) is 0 Å². The number of benzene rings is 2. The van der Waals surface area contributed by atoms with Crippen LogP contribution in [0.1, 0.15) is 18.1 Å². The Morgan fingerprint density at radius 2 is 1.76 bits per heavy atom. The third-order valence-corrected chi connectivity index (χ3v) is 3.84. The summed E-state index contributed by atoms with van der Waals surface area (Å²) in [6.07, 6.45) is 1.62. The van der Waals surface area contributed by atoms with Gasteiger partial charge in [0, 0.05) is 12.1 Å². The van der Waals surface area contributed by atoms with E-state index in [1.54, 1.807) is 6.20 Å². The van der Waals surface area contributed by atoms with Crippen molar-refractivity contribution in [2.75, 3.05) is 6.54 Å². The number of carbonyl (C=O) groups is 1. The number of hydrogen-bond acceptors (Lipinski definition) is 4. The van der Waals surface area contributed by atoms with Gasteiger partial charge in [-0.25, -0.2) is 4.68 Å². The zero-order chi connectivity index (χ0) is 17.5. The highest BCUT2D eigenvalue weighted by molar-refractivity contribution is 5.75. The van der Waals surface area contributed by atoms with Crippen LogP contribution in [0.5, 0.6) is 0 Å². The van der Waals surface area contributed by atoms with Crippen LogP contribution >= 0.6 is 0 Å². The maximum absolute atomic E-state index is 12.0. The largest absolute Gasteiger partial charge is 0.388 e. The highest BCUT2D eigenvalue weighted by Crippen LogP contribution is 2.15. The summed E-state index contributed by atoms with van der Waals surface area (Å²) in [6, 6.07) is 19.1. The molecule has 2 aromatic carbocycles. The maximum atomic E-state index is 12.0. The molecule has 25 heavy (non-hydrogen) atoms. The molecule has 1 unspecified atom stereocenters. The van der Waals surface area contributed by atoms with E-state index in [1.807, 2.05) is 60.7 Å². The van der Waals surface area contributed by atoms with Crippen molar-refractivity contribution >= 4 is 5.91 Å². The van der Waals surface area contributed by atoms with E-state index in [-0.39, 0.29) is 12.5 Å². The fourth-order valence-electron chi connectivity index (χ4n) is 2.51. The first-order chi connectivity index (χ1) is 12.2. The smallest absolute Gasteiger partial charge is 0.241 e. The van der Waals surface area contributed by atoms with Crippen LogP contribution in [-0.4, -0.2) is 32.6 Å². The minimum Gasteiger partial charge on any atom is -0.388 e. The summed E-state index contributed by atoms with van der Waals surface area (Å²) in [4.78, 5) is 12.0. The fourth-order valence-corrected chi connectivity index (χ4v) is 2.51. The van der Waals surface area contributed by atoms with Crippen molar-refractivity contribution in [1.29, 1.82) is 0 Å². The monoisotopic (exact) mass is 336 g/mol. The second kappa shape index (κ2) is 8.21. The zero-order valence-corrected chi connectivity index (χ0v) is 13.7. The third kappa shape index (κ3) is 4.74. The van der Waals surface area contributed by atoms with Crippen LogP contribution in [-0.2, 0) is 11.3 Å². The minimum absolute atomic E-state index is 0.0985. The summed E-state index contributed by atoms with van der Waals surface area (Å²) in [5, 5.41) is 20.9. The second-order valence-corrected chi connectivity index (χ2v) is 5.73. The normalized spacial score (nSPS) is 11.9. The molecule has 6 heteroatoms. The van der Waals surface area contributed by atoms with E-state index in [2.05, 4.69) is 15.6 Å². The molecule has 0 aliphatic heterocycles. The molecule has 0 saturated heterocycles. The Kier molecular flexibility index (Phi) is 5.53. The fraction of sp³-hybridized carbons (Fsp3) is 0.211. The molecule has 1 atom stereocenters. The van der Waals surface area contributed by atoms with Crippen molar-refractivity contribution in [3.63, 3.8) is 0 Å². The number of aliphatic hydroxyl groups excluding tert-OH is 1. The molecule has 0 radical (unpaired) electrons. The topological polar surface area (TPSA) is 80.0 Å². The SMILES string of the molecule is O=C(Cn1cc(-c2ccccc2)nn1)NCCC(O)c1ccccc1. The molecule has 1 heterocycles. The lowest BCUT2D eigenvalue weighted by Gasteiger charge is -2.11. The summed E-state index contributed by atoms with van der Waals surface area (Å²) in [5.41, 5.74) is 2.54. The summed E-state index contributed by atoms with van der Waals surface area (Å²) in [6.45, 7) is 0.496. The molecule has 0 aliphatic carbocycles. The first-order valence-electron chi connectivity index (χ1n) is 8.17. The Morgan fingerprint density at radius 3 is 2.48 bits per heavy atom. The van der Waals surface area contributed by atoms with Crippen molar-refractivity contribution in [2.24, 2.45) is 0 Å². The standard InChI is InChI=1S/C19H20N4O2/c24-18(16-9-5-2-6-10-16)11-12-20-19(25)14-23-13-17(21-22-23)15-7-3-1-4-8-15/h1-10,13,18,24H,11-12,14H2,(H,20,25). The van der Waals surface area contributed by atoms with E-state index in [1.165, 1.54) is 4.68 Å². The first-order valence-corrected chi connectivity index (χ1v) is 8.17. The Balaban J connectivity index is 1.46. The van der Waals surface area contributed by atoms with Crippen molar-refractivity contribution in [2.45, 2.75) is 19.1 Å². The quantitative estimate of drug-likeness (QED) is 0.693. The van der Waals surface area contributed by atoms with Crippen LogP contribution in [0.15, 0.2) is 66.9 Å². The minimum atomic E-state index is -0.586. The second-order valence-electron chi connectivity index (χ2n) is 5.73. The lowest BCUT2D eigenvalue weighted by atomic mass is 10.1. The number of aliphatic hydroxyl groups is 1. The van der Waals surface area contributed by atoms with E-state index in [9.17, 15) is 9.90 Å². The molecule has 0 aliphatic rings. The number of nitrogens with one attached hydrogen (secondary N) is 1. The third-order valence-electron chi connectivity index (χ3n) is 3.84. The molecular formula is C19H20N4O2. The molecule has 1 aromatic heterocycles. The number of nitrogens with zero attached hydrogens (tertiary/aromatic N) is 3. The lowest BCUT2D eigenvalue weighted by molar-refractivity contribution is -0.121. The molecular weight excluding hydrogens is 316 g/mol. The zero-order valence-electron chi connectivity index (χ0n) is 13.7. The Morgan fingerprint density at radius 1 is 1.08 bits per heavy atom. The van der Waals surface area contributed by atoms with E-state index in [0.29, 0.717) is 13.0 Å². The molecule has 3 aromatic rings. The highest BCUT2D eigenvalue weighted by Gasteiger charge is 2.09. The molecule has 0 saturated carbocycles. The highest BCUT2D eigenvalue weighted by atomic mass is 16.3. The summed E-state index contributed by atoms with van der Waals surface area (Å²) < 4.78 is 1.51. The molecule has 0 bridgehead atoms. The summed E-state index contributed by atoms with van der Waals surface area (Å²) >= 11 is 0. The van der Waals surface area contributed by atoms with E-state index >= 15 is 0 Å². The Bertz CT molecular complexity index is 803. The van der Waals surface area contributed by atoms with Crippen molar-refractivity contribution < 1.29 is 9.90 Å². The van der Waals surface area contributed by atoms with Crippen molar-refractivity contribution in [3.8, 4) is 11.3 Å². The van der Waals surface area contributed by atoms with E-state index in [0.717, 1.165) is 16.8 Å². The van der Waals surface area contributed by atoms with Gasteiger partial charge in [0.25, 0.3) is 0 Å². The first kappa shape index (κ1) is 16.9. The van der Waals surface area contributed by atoms with Crippen LogP contribution in [0.25, 0.3) is 11.3 Å². The van der Waals surface area contributed by atoms with Crippen LogP contribution in [0.4, 0.5) is 0 Å². The molecule has 0 fully saturated rings. The number of rotatable bonds is 7. The van der Waals surface area contributed by atoms with Crippen molar-refractivity contribution in [3.05, 3.63) is 72.4 Å². The molecule has 3 rings (SSSR count). The number of amides is 1. The molecule has 1 amide bonds. The van der Waals surface area contributed by atoms with Gasteiger partial charge in [-0.05, 0) is 12.0 Å². The molecule has 6 nitrogen and oxygen atoms in total.